The smallest absolute Gasteiger partial charge is 0.258 e. The summed E-state index contributed by atoms with van der Waals surface area (Å²) in [4.78, 5) is 19.8. The number of nitrogens with one attached hydrogen (secondary N) is 1. The van der Waals surface area contributed by atoms with E-state index in [0.29, 0.717) is 6.54 Å². The largest absolute Gasteiger partial charge is 0.322 e. The number of hydrogen-bond donors (Lipinski definition) is 1. The zero-order valence-electron chi connectivity index (χ0n) is 11.8. The number of quaternary nitrogens is 1. The normalized spacial score (nSPS) is 12.6. The number of nitrogens with zero attached hydrogens (tertiary/aromatic N) is 2. The quantitative estimate of drug-likeness (QED) is 0.691. The molecule has 0 aliphatic rings. The van der Waals surface area contributed by atoms with Crippen molar-refractivity contribution in [2.45, 2.75) is 13.1 Å². The van der Waals surface area contributed by atoms with Gasteiger partial charge in [0.25, 0.3) is 5.56 Å². The highest BCUT2D eigenvalue weighted by atomic mass is 35.5. The Morgan fingerprint density at radius 1 is 1.41 bits per heavy atom. The highest BCUT2D eigenvalue weighted by Gasteiger charge is 2.13. The molecule has 0 aliphatic carbocycles. The molecule has 3 rings (SSSR count). The number of thiophene rings is 1. The summed E-state index contributed by atoms with van der Waals surface area (Å²) in [6, 6.07) is 5.57. The second kappa shape index (κ2) is 6.75. The molecule has 4 nitrogen and oxygen atoms in total. The van der Waals surface area contributed by atoms with Crippen LogP contribution in [0.4, 0.5) is 0 Å². The molecule has 22 heavy (non-hydrogen) atoms. The first-order valence-electron chi connectivity index (χ1n) is 6.80. The van der Waals surface area contributed by atoms with Crippen molar-refractivity contribution in [2.24, 2.45) is 0 Å². The predicted octanol–water partition coefficient (Wildman–Crippen LogP) is 2.24. The van der Waals surface area contributed by atoms with Crippen LogP contribution in [0, 0.1) is 0 Å². The molecule has 0 fully saturated rings. The van der Waals surface area contributed by atoms with Gasteiger partial charge >= 0.3 is 0 Å². The predicted molar refractivity (Wildman–Crippen MR) is 92.1 cm³/mol. The van der Waals surface area contributed by atoms with Gasteiger partial charge in [0.1, 0.15) is 18.8 Å². The molecule has 3 heterocycles. The van der Waals surface area contributed by atoms with Crippen molar-refractivity contribution in [3.05, 3.63) is 67.7 Å². The molecule has 1 N–H and O–H groups in total. The second-order valence-electron chi connectivity index (χ2n) is 4.94. The van der Waals surface area contributed by atoms with E-state index in [1.165, 1.54) is 21.1 Å². The van der Waals surface area contributed by atoms with Gasteiger partial charge in [-0.1, -0.05) is 18.2 Å². The van der Waals surface area contributed by atoms with E-state index in [4.69, 9.17) is 11.6 Å². The maximum absolute atomic E-state index is 12.0. The molecule has 1 atom stereocenters. The first kappa shape index (κ1) is 15.4. The Morgan fingerprint density at radius 3 is 3.00 bits per heavy atom. The van der Waals surface area contributed by atoms with E-state index in [9.17, 15) is 4.79 Å². The van der Waals surface area contributed by atoms with Crippen LogP contribution < -0.4 is 10.5 Å². The SMILES string of the molecule is C=CC[NH+](Cc1cc(=O)n2ccsc2n1)Cc1ccc(Cl)s1. The first-order valence-corrected chi connectivity index (χ1v) is 8.87. The lowest BCUT2D eigenvalue weighted by Crippen LogP contribution is -3.09. The Labute approximate surface area is 140 Å². The van der Waals surface area contributed by atoms with Crippen LogP contribution in [0.5, 0.6) is 0 Å². The summed E-state index contributed by atoms with van der Waals surface area (Å²) >= 11 is 9.04. The van der Waals surface area contributed by atoms with Gasteiger partial charge in [-0.05, 0) is 18.2 Å². The van der Waals surface area contributed by atoms with E-state index < -0.39 is 0 Å². The lowest BCUT2D eigenvalue weighted by atomic mass is 10.3. The van der Waals surface area contributed by atoms with Crippen LogP contribution in [0.3, 0.4) is 0 Å². The van der Waals surface area contributed by atoms with E-state index in [-0.39, 0.29) is 5.56 Å². The molecule has 3 aromatic heterocycles. The van der Waals surface area contributed by atoms with Crippen LogP contribution in [0.25, 0.3) is 4.96 Å². The van der Waals surface area contributed by atoms with Gasteiger partial charge in [-0.3, -0.25) is 9.20 Å². The first-order chi connectivity index (χ1) is 10.7. The lowest BCUT2D eigenvalue weighted by Gasteiger charge is -2.16. The Hall–Kier alpha value is -1.47. The van der Waals surface area contributed by atoms with Gasteiger partial charge in [0, 0.05) is 17.6 Å². The molecule has 3 aromatic rings. The van der Waals surface area contributed by atoms with E-state index in [1.54, 1.807) is 28.0 Å². The average molecular weight is 353 g/mol. The summed E-state index contributed by atoms with van der Waals surface area (Å²) in [5.41, 5.74) is 0.783. The highest BCUT2D eigenvalue weighted by Crippen LogP contribution is 2.20. The minimum Gasteiger partial charge on any atom is -0.322 e. The number of aromatic nitrogens is 2. The molecular formula is C15H15ClN3OS2+. The minimum absolute atomic E-state index is 0.0293. The van der Waals surface area contributed by atoms with Gasteiger partial charge in [-0.25, -0.2) is 4.98 Å². The summed E-state index contributed by atoms with van der Waals surface area (Å²) in [6.07, 6.45) is 3.64. The van der Waals surface area contributed by atoms with Crippen LogP contribution in [0.1, 0.15) is 10.6 Å². The van der Waals surface area contributed by atoms with Gasteiger partial charge in [-0.2, -0.15) is 0 Å². The third-order valence-electron chi connectivity index (χ3n) is 3.27. The molecule has 0 spiro atoms. The fourth-order valence-electron chi connectivity index (χ4n) is 2.34. The van der Waals surface area contributed by atoms with Crippen molar-refractivity contribution in [2.75, 3.05) is 6.54 Å². The average Bonchev–Trinajstić information content (AvgIpc) is 3.08. The Kier molecular flexibility index (Phi) is 4.73. The van der Waals surface area contributed by atoms with Gasteiger partial charge < -0.3 is 4.90 Å². The fraction of sp³-hybridized carbons (Fsp3) is 0.200. The number of hydrogen-bond acceptors (Lipinski definition) is 4. The van der Waals surface area contributed by atoms with Crippen molar-refractivity contribution >= 4 is 39.2 Å². The van der Waals surface area contributed by atoms with Gasteiger partial charge in [-0.15, -0.1) is 22.7 Å². The molecular weight excluding hydrogens is 338 g/mol. The number of rotatable bonds is 6. The zero-order chi connectivity index (χ0) is 15.5. The molecule has 0 bridgehead atoms. The maximum atomic E-state index is 12.0. The Balaban J connectivity index is 1.82. The van der Waals surface area contributed by atoms with Crippen LogP contribution >= 0.6 is 34.3 Å². The van der Waals surface area contributed by atoms with Gasteiger partial charge in [0.15, 0.2) is 4.96 Å². The van der Waals surface area contributed by atoms with E-state index in [1.807, 2.05) is 23.6 Å². The third kappa shape index (κ3) is 3.47. The molecule has 0 amide bonds. The standard InChI is InChI=1S/C15H14ClN3OS2/c1-2-5-18(10-12-3-4-13(16)22-12)9-11-8-14(20)19-6-7-21-15(19)17-11/h2-4,6-8H,1,5,9-10H2/p+1. The van der Waals surface area contributed by atoms with Crippen molar-refractivity contribution in [1.29, 1.82) is 0 Å². The lowest BCUT2D eigenvalue weighted by molar-refractivity contribution is -0.921. The Bertz CT molecular complexity index is 852. The molecule has 0 saturated heterocycles. The molecule has 0 radical (unpaired) electrons. The summed E-state index contributed by atoms with van der Waals surface area (Å²) in [5, 5.41) is 1.87. The van der Waals surface area contributed by atoms with E-state index >= 15 is 0 Å². The number of fused-ring (bicyclic) bond motifs is 1. The summed E-state index contributed by atoms with van der Waals surface area (Å²) in [5.74, 6) is 0. The maximum Gasteiger partial charge on any atom is 0.258 e. The monoisotopic (exact) mass is 352 g/mol. The van der Waals surface area contributed by atoms with Crippen molar-refractivity contribution in [3.8, 4) is 0 Å². The molecule has 114 valence electrons. The zero-order valence-corrected chi connectivity index (χ0v) is 14.2. The van der Waals surface area contributed by atoms with Crippen molar-refractivity contribution in [3.63, 3.8) is 0 Å². The van der Waals surface area contributed by atoms with E-state index in [0.717, 1.165) is 28.1 Å². The van der Waals surface area contributed by atoms with Crippen molar-refractivity contribution < 1.29 is 4.90 Å². The molecule has 0 aromatic carbocycles. The fourth-order valence-corrected chi connectivity index (χ4v) is 4.24. The molecule has 1 unspecified atom stereocenters. The van der Waals surface area contributed by atoms with Gasteiger partial charge in [0.05, 0.1) is 15.8 Å². The molecule has 0 saturated carbocycles. The summed E-state index contributed by atoms with van der Waals surface area (Å²) in [7, 11) is 0. The summed E-state index contributed by atoms with van der Waals surface area (Å²) in [6.45, 7) is 6.15. The van der Waals surface area contributed by atoms with Crippen molar-refractivity contribution in [1.82, 2.24) is 9.38 Å². The van der Waals surface area contributed by atoms with E-state index in [2.05, 4.69) is 11.6 Å². The number of thiazole rings is 1. The molecule has 7 heteroatoms. The van der Waals surface area contributed by atoms with Gasteiger partial charge in [0.2, 0.25) is 0 Å². The van der Waals surface area contributed by atoms with Crippen LogP contribution in [0.15, 0.2) is 47.2 Å². The topological polar surface area (TPSA) is 38.8 Å². The third-order valence-corrected chi connectivity index (χ3v) is 5.26. The van der Waals surface area contributed by atoms with Crippen LogP contribution in [-0.4, -0.2) is 15.9 Å². The minimum atomic E-state index is -0.0293. The highest BCUT2D eigenvalue weighted by molar-refractivity contribution is 7.16. The Morgan fingerprint density at radius 2 is 2.27 bits per heavy atom. The van der Waals surface area contributed by atoms with Crippen LogP contribution in [0.2, 0.25) is 4.34 Å². The summed E-state index contributed by atoms with van der Waals surface area (Å²) < 4.78 is 2.37. The second-order valence-corrected chi connectivity index (χ2v) is 7.62. The number of halogens is 1. The van der Waals surface area contributed by atoms with Crippen LogP contribution in [-0.2, 0) is 13.1 Å². The molecule has 0 aliphatic heterocycles.